The Morgan fingerprint density at radius 2 is 1.88 bits per heavy atom. The maximum Gasteiger partial charge on any atom is 0.246 e. The molecule has 3 heterocycles. The summed E-state index contributed by atoms with van der Waals surface area (Å²) < 4.78 is 1.93. The number of thiophene rings is 1. The van der Waals surface area contributed by atoms with Crippen LogP contribution in [0.4, 0.5) is 0 Å². The fourth-order valence-electron chi connectivity index (χ4n) is 3.93. The highest BCUT2D eigenvalue weighted by molar-refractivity contribution is 7.13. The van der Waals surface area contributed by atoms with Gasteiger partial charge in [-0.3, -0.25) is 19.2 Å². The molecule has 1 N–H and O–H groups in total. The summed E-state index contributed by atoms with van der Waals surface area (Å²) in [6.45, 7) is 6.46. The molecule has 0 saturated carbocycles. The number of amides is 2. The fraction of sp³-hybridized carbons (Fsp3) is 0.346. The molecule has 2 aromatic heterocycles. The highest BCUT2D eigenvalue weighted by atomic mass is 32.1. The number of benzene rings is 1. The molecule has 8 heteroatoms. The van der Waals surface area contributed by atoms with Crippen LogP contribution in [0.15, 0.2) is 60.1 Å². The number of piperazine rings is 1. The van der Waals surface area contributed by atoms with E-state index >= 15 is 0 Å². The van der Waals surface area contributed by atoms with Crippen molar-refractivity contribution in [3.05, 3.63) is 71.2 Å². The van der Waals surface area contributed by atoms with Crippen molar-refractivity contribution in [3.63, 3.8) is 0 Å². The lowest BCUT2D eigenvalue weighted by atomic mass is 10.2. The van der Waals surface area contributed by atoms with Crippen LogP contribution >= 0.6 is 11.3 Å². The van der Waals surface area contributed by atoms with Gasteiger partial charge < -0.3 is 10.2 Å². The number of aromatic nitrogens is 2. The molecule has 1 aromatic carbocycles. The molecule has 1 saturated heterocycles. The van der Waals surface area contributed by atoms with Crippen molar-refractivity contribution < 1.29 is 9.59 Å². The monoisotopic (exact) mass is 477 g/mol. The summed E-state index contributed by atoms with van der Waals surface area (Å²) in [4.78, 5) is 29.8. The summed E-state index contributed by atoms with van der Waals surface area (Å²) in [6.07, 6.45) is 6.44. The van der Waals surface area contributed by atoms with Crippen molar-refractivity contribution in [2.75, 3.05) is 39.3 Å². The molecular weight excluding hydrogens is 446 g/mol. The summed E-state index contributed by atoms with van der Waals surface area (Å²) in [5, 5.41) is 9.74. The predicted molar refractivity (Wildman–Crippen MR) is 136 cm³/mol. The lowest BCUT2D eigenvalue weighted by Crippen LogP contribution is -2.50. The molecule has 0 bridgehead atoms. The van der Waals surface area contributed by atoms with Crippen LogP contribution in [0.2, 0.25) is 0 Å². The van der Waals surface area contributed by atoms with E-state index in [1.807, 2.05) is 58.4 Å². The van der Waals surface area contributed by atoms with Crippen molar-refractivity contribution in [3.8, 4) is 10.6 Å². The Kier molecular flexibility index (Phi) is 8.27. The molecular formula is C26H31N5O2S. The predicted octanol–water partition coefficient (Wildman–Crippen LogP) is 3.34. The number of nitrogens with one attached hydrogen (secondary N) is 1. The average molecular weight is 478 g/mol. The van der Waals surface area contributed by atoms with Gasteiger partial charge in [-0.2, -0.15) is 5.10 Å². The second kappa shape index (κ2) is 11.8. The molecule has 34 heavy (non-hydrogen) atoms. The third-order valence-electron chi connectivity index (χ3n) is 5.76. The second-order valence-electron chi connectivity index (χ2n) is 8.38. The van der Waals surface area contributed by atoms with E-state index < -0.39 is 0 Å². The molecule has 0 spiro atoms. The maximum absolute atomic E-state index is 12.9. The van der Waals surface area contributed by atoms with E-state index in [-0.39, 0.29) is 11.8 Å². The summed E-state index contributed by atoms with van der Waals surface area (Å²) in [6, 6.07) is 14.3. The minimum Gasteiger partial charge on any atom is -0.355 e. The Morgan fingerprint density at radius 3 is 2.59 bits per heavy atom. The molecule has 1 aliphatic heterocycles. The van der Waals surface area contributed by atoms with Crippen LogP contribution in [-0.2, 0) is 16.1 Å². The first-order valence-electron chi connectivity index (χ1n) is 11.7. The van der Waals surface area contributed by atoms with Crippen LogP contribution in [0.1, 0.15) is 24.5 Å². The van der Waals surface area contributed by atoms with Gasteiger partial charge in [0.2, 0.25) is 11.8 Å². The van der Waals surface area contributed by atoms with Gasteiger partial charge in [0.15, 0.2) is 0 Å². The Balaban J connectivity index is 1.39. The van der Waals surface area contributed by atoms with Crippen molar-refractivity contribution in [1.82, 2.24) is 24.9 Å². The maximum atomic E-state index is 12.9. The standard InChI is InChI=1S/C26H31N5O2S/c1-2-12-27-24(32)20-29-13-15-30(16-14-29)25(33)11-10-22-19-31(18-21-7-4-3-5-8-21)28-26(22)23-9-6-17-34-23/h3-11,17,19H,2,12-16,18,20H2,1H3,(H,27,32)/b11-10+. The molecule has 2 amide bonds. The summed E-state index contributed by atoms with van der Waals surface area (Å²) in [5.41, 5.74) is 2.99. The van der Waals surface area contributed by atoms with E-state index in [1.54, 1.807) is 17.4 Å². The Labute approximate surface area is 204 Å². The van der Waals surface area contributed by atoms with E-state index in [0.717, 1.165) is 22.6 Å². The molecule has 1 fully saturated rings. The summed E-state index contributed by atoms with van der Waals surface area (Å²) in [5.74, 6) is 0.0400. The fourth-order valence-corrected chi connectivity index (χ4v) is 4.66. The molecule has 0 aliphatic carbocycles. The first-order valence-corrected chi connectivity index (χ1v) is 12.6. The van der Waals surface area contributed by atoms with Crippen molar-refractivity contribution in [2.24, 2.45) is 0 Å². The van der Waals surface area contributed by atoms with Crippen molar-refractivity contribution in [1.29, 1.82) is 0 Å². The lowest BCUT2D eigenvalue weighted by molar-refractivity contribution is -0.128. The second-order valence-corrected chi connectivity index (χ2v) is 9.33. The van der Waals surface area contributed by atoms with Crippen LogP contribution in [0, 0.1) is 0 Å². The topological polar surface area (TPSA) is 70.5 Å². The van der Waals surface area contributed by atoms with Crippen LogP contribution in [0.25, 0.3) is 16.6 Å². The molecule has 0 atom stereocenters. The van der Waals surface area contributed by atoms with Gasteiger partial charge in [-0.25, -0.2) is 0 Å². The van der Waals surface area contributed by atoms with Gasteiger partial charge in [-0.05, 0) is 29.5 Å². The summed E-state index contributed by atoms with van der Waals surface area (Å²) in [7, 11) is 0. The zero-order valence-corrected chi connectivity index (χ0v) is 20.3. The van der Waals surface area contributed by atoms with E-state index in [1.165, 1.54) is 5.56 Å². The van der Waals surface area contributed by atoms with Gasteiger partial charge in [0.25, 0.3) is 0 Å². The first kappa shape index (κ1) is 23.9. The number of carbonyl (C=O) groups is 2. The largest absolute Gasteiger partial charge is 0.355 e. The smallest absolute Gasteiger partial charge is 0.246 e. The Hall–Kier alpha value is -3.23. The number of carbonyl (C=O) groups excluding carboxylic acids is 2. The van der Waals surface area contributed by atoms with Gasteiger partial charge in [0, 0.05) is 50.6 Å². The Morgan fingerprint density at radius 1 is 1.09 bits per heavy atom. The van der Waals surface area contributed by atoms with Gasteiger partial charge in [0.05, 0.1) is 18.0 Å². The summed E-state index contributed by atoms with van der Waals surface area (Å²) >= 11 is 1.64. The molecule has 0 radical (unpaired) electrons. The van der Waals surface area contributed by atoms with Crippen molar-refractivity contribution >= 4 is 29.2 Å². The van der Waals surface area contributed by atoms with E-state index in [0.29, 0.717) is 45.8 Å². The van der Waals surface area contributed by atoms with Crippen LogP contribution in [0.3, 0.4) is 0 Å². The molecule has 1 aliphatic rings. The quantitative estimate of drug-likeness (QED) is 0.480. The SMILES string of the molecule is CCCNC(=O)CN1CCN(C(=O)/C=C/c2cn(Cc3ccccc3)nc2-c2cccs2)CC1. The molecule has 178 valence electrons. The molecule has 0 unspecified atom stereocenters. The van der Waals surface area contributed by atoms with Crippen LogP contribution < -0.4 is 5.32 Å². The first-order chi connectivity index (χ1) is 16.6. The van der Waals surface area contributed by atoms with Crippen LogP contribution in [-0.4, -0.2) is 70.7 Å². The minimum absolute atomic E-state index is 0.0111. The van der Waals surface area contributed by atoms with E-state index in [4.69, 9.17) is 5.10 Å². The zero-order valence-electron chi connectivity index (χ0n) is 19.5. The van der Waals surface area contributed by atoms with Gasteiger partial charge in [-0.15, -0.1) is 11.3 Å². The minimum atomic E-state index is -0.0111. The third kappa shape index (κ3) is 6.42. The molecule has 4 rings (SSSR count). The molecule has 7 nitrogen and oxygen atoms in total. The third-order valence-corrected chi connectivity index (χ3v) is 6.64. The van der Waals surface area contributed by atoms with Crippen molar-refractivity contribution in [2.45, 2.75) is 19.9 Å². The molecule has 3 aromatic rings. The van der Waals surface area contributed by atoms with Gasteiger partial charge in [0.1, 0.15) is 5.69 Å². The number of hydrogen-bond donors (Lipinski definition) is 1. The van der Waals surface area contributed by atoms with Gasteiger partial charge >= 0.3 is 0 Å². The number of hydrogen-bond acceptors (Lipinski definition) is 5. The van der Waals surface area contributed by atoms with E-state index in [2.05, 4.69) is 28.4 Å². The van der Waals surface area contributed by atoms with E-state index in [9.17, 15) is 9.59 Å². The van der Waals surface area contributed by atoms with Gasteiger partial charge in [-0.1, -0.05) is 43.3 Å². The number of nitrogens with zero attached hydrogens (tertiary/aromatic N) is 4. The lowest BCUT2D eigenvalue weighted by Gasteiger charge is -2.33. The Bertz CT molecular complexity index is 1100. The number of rotatable bonds is 9. The normalized spacial score (nSPS) is 14.6. The average Bonchev–Trinajstić information content (AvgIpc) is 3.52. The zero-order chi connectivity index (χ0) is 23.8. The highest BCUT2D eigenvalue weighted by Crippen LogP contribution is 2.28. The highest BCUT2D eigenvalue weighted by Gasteiger charge is 2.21. The van der Waals surface area contributed by atoms with Crippen LogP contribution in [0.5, 0.6) is 0 Å².